The van der Waals surface area contributed by atoms with Crippen LogP contribution in [0.2, 0.25) is 10.0 Å². The molecule has 0 aliphatic carbocycles. The van der Waals surface area contributed by atoms with Crippen LogP contribution in [0.5, 0.6) is 0 Å². The van der Waals surface area contributed by atoms with Crippen molar-refractivity contribution in [3.05, 3.63) is 34.3 Å². The molecule has 0 radical (unpaired) electrons. The average Bonchev–Trinajstić information content (AvgIpc) is 1.77. The van der Waals surface area contributed by atoms with Gasteiger partial charge in [0, 0.05) is 10.0 Å². The van der Waals surface area contributed by atoms with Gasteiger partial charge in [-0.25, -0.2) is 0 Å². The van der Waals surface area contributed by atoms with E-state index in [-0.39, 0.29) is 61.3 Å². The van der Waals surface area contributed by atoms with Crippen LogP contribution in [0.3, 0.4) is 0 Å². The van der Waals surface area contributed by atoms with Crippen molar-refractivity contribution in [1.82, 2.24) is 0 Å². The Balaban J connectivity index is 0. The zero-order chi connectivity index (χ0) is 5.98. The van der Waals surface area contributed by atoms with Crippen LogP contribution >= 0.6 is 35.6 Å². The Morgan fingerprint density at radius 3 is 1.20 bits per heavy atom. The van der Waals surface area contributed by atoms with Gasteiger partial charge in [0.25, 0.3) is 0 Å². The number of hydrogen-bond donors (Lipinski definition) is 0. The van der Waals surface area contributed by atoms with Crippen molar-refractivity contribution in [2.45, 2.75) is 0 Å². The van der Waals surface area contributed by atoms with Crippen molar-refractivity contribution in [2.75, 3.05) is 0 Å². The summed E-state index contributed by atoms with van der Waals surface area (Å²) < 4.78 is 0. The molecule has 0 spiro atoms. The van der Waals surface area contributed by atoms with E-state index < -0.39 is 0 Å². The zero-order valence-corrected chi connectivity index (χ0v) is 6.80. The summed E-state index contributed by atoms with van der Waals surface area (Å²) in [6.45, 7) is 0. The molecule has 0 amide bonds. The van der Waals surface area contributed by atoms with Gasteiger partial charge in [0.1, 0.15) is 0 Å². The molecule has 0 nitrogen and oxygen atoms in total. The van der Waals surface area contributed by atoms with Crippen LogP contribution in [-0.2, 0) is 0 Å². The molecule has 0 saturated carbocycles. The monoisotopic (exact) mass is 322 g/mol. The van der Waals surface area contributed by atoms with Crippen molar-refractivity contribution in [3.63, 3.8) is 0 Å². The van der Waals surface area contributed by atoms with Gasteiger partial charge in [-0.2, -0.15) is 0 Å². The maximum atomic E-state index is 5.55. The van der Waals surface area contributed by atoms with Crippen molar-refractivity contribution < 1.29 is 0 Å². The van der Waals surface area contributed by atoms with E-state index in [4.69, 9.17) is 23.2 Å². The van der Waals surface area contributed by atoms with Crippen LogP contribution in [0.25, 0.3) is 0 Å². The molecule has 0 unspecified atom stereocenters. The molecular formula is C6H7BaCl3. The van der Waals surface area contributed by atoms with E-state index in [1.165, 1.54) is 0 Å². The van der Waals surface area contributed by atoms with Crippen LogP contribution in [0, 0.1) is 0 Å². The maximum absolute atomic E-state index is 5.55. The molecule has 1 aromatic carbocycles. The molecule has 0 aliphatic rings. The van der Waals surface area contributed by atoms with E-state index in [2.05, 4.69) is 0 Å². The van der Waals surface area contributed by atoms with E-state index in [0.29, 0.717) is 0 Å². The first-order valence-electron chi connectivity index (χ1n) is 2.20. The first kappa shape index (κ1) is 14.2. The molecule has 0 N–H and O–H groups in total. The Morgan fingerprint density at radius 1 is 0.800 bits per heavy atom. The van der Waals surface area contributed by atoms with E-state index in [1.807, 2.05) is 0 Å². The molecule has 0 heterocycles. The van der Waals surface area contributed by atoms with Gasteiger partial charge in [-0.15, -0.1) is 12.4 Å². The number of halogens is 3. The summed E-state index contributed by atoms with van der Waals surface area (Å²) in [6.07, 6.45) is 0. The molecule has 0 atom stereocenters. The molecule has 0 bridgehead atoms. The van der Waals surface area contributed by atoms with Gasteiger partial charge in [-0.1, -0.05) is 23.2 Å². The van der Waals surface area contributed by atoms with Gasteiger partial charge in [-0.05, 0) is 24.3 Å². The fourth-order valence-electron chi connectivity index (χ4n) is 0.430. The summed E-state index contributed by atoms with van der Waals surface area (Å²) in [5.74, 6) is 0. The zero-order valence-electron chi connectivity index (χ0n) is 4.47. The Labute approximate surface area is 117 Å². The van der Waals surface area contributed by atoms with Gasteiger partial charge in [0.05, 0.1) is 0 Å². The van der Waals surface area contributed by atoms with Crippen molar-refractivity contribution in [2.24, 2.45) is 0 Å². The topological polar surface area (TPSA) is 0 Å². The molecule has 4 heteroatoms. The molecule has 1 rings (SSSR count). The standard InChI is InChI=1S/C6H4Cl2.Ba.ClH.2H/c7-5-1-2-6(8)4-3-5;;;;/h1-4H;;1H;;. The summed E-state index contributed by atoms with van der Waals surface area (Å²) in [5, 5.41) is 1.43. The normalized spacial score (nSPS) is 7.40. The molecule has 0 fully saturated rings. The third-order valence-corrected chi connectivity index (χ3v) is 1.31. The van der Waals surface area contributed by atoms with Crippen molar-refractivity contribution in [3.8, 4) is 0 Å². The SMILES string of the molecule is Cl.Clc1ccc(Cl)cc1.[BaH2]. The molecule has 0 saturated heterocycles. The molecule has 10 heavy (non-hydrogen) atoms. The Bertz CT molecular complexity index is 152. The van der Waals surface area contributed by atoms with Crippen LogP contribution in [0.1, 0.15) is 0 Å². The molecule has 1 aromatic rings. The Hall–Kier alpha value is 1.66. The Morgan fingerprint density at radius 2 is 1.00 bits per heavy atom. The molecule has 0 aromatic heterocycles. The van der Waals surface area contributed by atoms with Gasteiger partial charge >= 0.3 is 48.9 Å². The summed E-state index contributed by atoms with van der Waals surface area (Å²) in [6, 6.07) is 7.02. The molecular weight excluding hydrogens is 316 g/mol. The summed E-state index contributed by atoms with van der Waals surface area (Å²) in [7, 11) is 0. The summed E-state index contributed by atoms with van der Waals surface area (Å²) in [4.78, 5) is 0. The predicted molar refractivity (Wildman–Crippen MR) is 52.3 cm³/mol. The van der Waals surface area contributed by atoms with E-state index >= 15 is 0 Å². The van der Waals surface area contributed by atoms with Gasteiger partial charge in [0.15, 0.2) is 0 Å². The third-order valence-electron chi connectivity index (χ3n) is 0.804. The average molecular weight is 323 g/mol. The van der Waals surface area contributed by atoms with Crippen LogP contribution in [0.15, 0.2) is 24.3 Å². The number of hydrogen-bond acceptors (Lipinski definition) is 0. The van der Waals surface area contributed by atoms with Gasteiger partial charge in [-0.3, -0.25) is 0 Å². The molecule has 54 valence electrons. The number of rotatable bonds is 0. The first-order valence-corrected chi connectivity index (χ1v) is 2.96. The van der Waals surface area contributed by atoms with Crippen LogP contribution in [-0.4, -0.2) is 48.9 Å². The summed E-state index contributed by atoms with van der Waals surface area (Å²) >= 11 is 11.1. The summed E-state index contributed by atoms with van der Waals surface area (Å²) in [5.41, 5.74) is 0. The van der Waals surface area contributed by atoms with Crippen molar-refractivity contribution in [1.29, 1.82) is 0 Å². The minimum absolute atomic E-state index is 0. The first-order chi connectivity index (χ1) is 3.79. The fourth-order valence-corrected chi connectivity index (χ4v) is 0.682. The quantitative estimate of drug-likeness (QED) is 0.644. The second-order valence-electron chi connectivity index (χ2n) is 1.44. The van der Waals surface area contributed by atoms with Crippen LogP contribution in [0.4, 0.5) is 0 Å². The Kier molecular flexibility index (Phi) is 10.4. The van der Waals surface area contributed by atoms with E-state index in [1.54, 1.807) is 24.3 Å². The van der Waals surface area contributed by atoms with Crippen molar-refractivity contribution >= 4 is 84.5 Å². The predicted octanol–water partition coefficient (Wildman–Crippen LogP) is 2.50. The second-order valence-corrected chi connectivity index (χ2v) is 2.31. The van der Waals surface area contributed by atoms with Crippen LogP contribution < -0.4 is 0 Å². The third kappa shape index (κ3) is 5.33. The van der Waals surface area contributed by atoms with E-state index in [9.17, 15) is 0 Å². The van der Waals surface area contributed by atoms with Gasteiger partial charge in [0.2, 0.25) is 0 Å². The van der Waals surface area contributed by atoms with E-state index in [0.717, 1.165) is 10.0 Å². The molecule has 0 aliphatic heterocycles. The van der Waals surface area contributed by atoms with Gasteiger partial charge < -0.3 is 0 Å². The number of benzene rings is 1. The fraction of sp³-hybridized carbons (Fsp3) is 0. The minimum atomic E-state index is 0. The second kappa shape index (κ2) is 7.32.